The molecule has 0 aromatic rings. The minimum absolute atomic E-state index is 0.00431. The van der Waals surface area contributed by atoms with Crippen LogP contribution < -0.4 is 10.6 Å². The van der Waals surface area contributed by atoms with Gasteiger partial charge in [0.05, 0.1) is 0 Å². The lowest BCUT2D eigenvalue weighted by Gasteiger charge is -2.05. The first-order chi connectivity index (χ1) is 5.83. The molecule has 0 aliphatic heterocycles. The fourth-order valence-corrected chi connectivity index (χ4v) is 1.00. The van der Waals surface area contributed by atoms with E-state index in [9.17, 15) is 4.79 Å². The zero-order valence-corrected chi connectivity index (χ0v) is 7.73. The summed E-state index contributed by atoms with van der Waals surface area (Å²) >= 11 is 0. The molecule has 0 unspecified atom stereocenters. The van der Waals surface area contributed by atoms with Gasteiger partial charge in [-0.1, -0.05) is 13.3 Å². The Labute approximate surface area is 73.9 Å². The van der Waals surface area contributed by atoms with Crippen molar-refractivity contribution >= 4 is 6.03 Å². The Morgan fingerprint density at radius 2 is 2.17 bits per heavy atom. The Kier molecular flexibility index (Phi) is 3.91. The van der Waals surface area contributed by atoms with Gasteiger partial charge in [-0.15, -0.1) is 0 Å². The van der Waals surface area contributed by atoms with Gasteiger partial charge in [-0.25, -0.2) is 4.79 Å². The fraction of sp³-hybridized carbons (Fsp3) is 0.889. The topological polar surface area (TPSA) is 41.1 Å². The maximum Gasteiger partial charge on any atom is 0.314 e. The highest BCUT2D eigenvalue weighted by Gasteiger charge is 2.21. The number of amides is 2. The van der Waals surface area contributed by atoms with Gasteiger partial charge in [-0.3, -0.25) is 0 Å². The lowest BCUT2D eigenvalue weighted by atomic mass is 10.3. The lowest BCUT2D eigenvalue weighted by molar-refractivity contribution is 0.240. The highest BCUT2D eigenvalue weighted by Crippen LogP contribution is 2.27. The monoisotopic (exact) mass is 170 g/mol. The molecule has 1 rings (SSSR count). The fourth-order valence-electron chi connectivity index (χ4n) is 1.00. The third kappa shape index (κ3) is 4.21. The summed E-state index contributed by atoms with van der Waals surface area (Å²) in [6.45, 7) is 3.77. The van der Waals surface area contributed by atoms with Crippen molar-refractivity contribution in [3.8, 4) is 0 Å². The van der Waals surface area contributed by atoms with Crippen LogP contribution in [0.5, 0.6) is 0 Å². The van der Waals surface area contributed by atoms with Gasteiger partial charge in [-0.05, 0) is 25.2 Å². The maximum absolute atomic E-state index is 11.0. The van der Waals surface area contributed by atoms with Gasteiger partial charge in [0.2, 0.25) is 0 Å². The summed E-state index contributed by atoms with van der Waals surface area (Å²) in [4.78, 5) is 11.0. The van der Waals surface area contributed by atoms with Crippen LogP contribution in [0.2, 0.25) is 0 Å². The van der Waals surface area contributed by atoms with Gasteiger partial charge in [0.15, 0.2) is 0 Å². The number of rotatable bonds is 5. The minimum Gasteiger partial charge on any atom is -0.338 e. The van der Waals surface area contributed by atoms with E-state index in [0.717, 1.165) is 31.8 Å². The first kappa shape index (κ1) is 9.36. The SMILES string of the molecule is CCCCNC(=O)NCC1CC1. The van der Waals surface area contributed by atoms with Crippen molar-refractivity contribution in [3.63, 3.8) is 0 Å². The number of hydrogen-bond acceptors (Lipinski definition) is 1. The molecule has 12 heavy (non-hydrogen) atoms. The van der Waals surface area contributed by atoms with Gasteiger partial charge in [-0.2, -0.15) is 0 Å². The van der Waals surface area contributed by atoms with Crippen molar-refractivity contribution in [2.45, 2.75) is 32.6 Å². The first-order valence-corrected chi connectivity index (χ1v) is 4.84. The van der Waals surface area contributed by atoms with Crippen LogP contribution in [0.25, 0.3) is 0 Å². The summed E-state index contributed by atoms with van der Waals surface area (Å²) in [6.07, 6.45) is 4.77. The molecule has 70 valence electrons. The number of urea groups is 1. The Hall–Kier alpha value is -0.730. The van der Waals surface area contributed by atoms with E-state index >= 15 is 0 Å². The summed E-state index contributed by atoms with van der Waals surface area (Å²) in [7, 11) is 0. The van der Waals surface area contributed by atoms with Crippen molar-refractivity contribution in [3.05, 3.63) is 0 Å². The summed E-state index contributed by atoms with van der Waals surface area (Å²) in [5, 5.41) is 5.67. The molecule has 3 nitrogen and oxygen atoms in total. The molecule has 0 spiro atoms. The molecular formula is C9H18N2O. The molecule has 2 amide bonds. The Balaban J connectivity index is 1.88. The molecule has 3 heteroatoms. The van der Waals surface area contributed by atoms with Crippen LogP contribution in [-0.2, 0) is 0 Å². The predicted molar refractivity (Wildman–Crippen MR) is 49.0 cm³/mol. The van der Waals surface area contributed by atoms with Crippen LogP contribution in [0.15, 0.2) is 0 Å². The van der Waals surface area contributed by atoms with Crippen molar-refractivity contribution in [2.75, 3.05) is 13.1 Å². The smallest absolute Gasteiger partial charge is 0.314 e. The highest BCUT2D eigenvalue weighted by molar-refractivity contribution is 5.73. The van der Waals surface area contributed by atoms with Crippen molar-refractivity contribution in [2.24, 2.45) is 5.92 Å². The molecule has 0 radical (unpaired) electrons. The lowest BCUT2D eigenvalue weighted by Crippen LogP contribution is -2.37. The quantitative estimate of drug-likeness (QED) is 0.603. The molecule has 0 saturated heterocycles. The molecule has 1 saturated carbocycles. The van der Waals surface area contributed by atoms with Gasteiger partial charge in [0.25, 0.3) is 0 Å². The van der Waals surface area contributed by atoms with Crippen LogP contribution in [0.3, 0.4) is 0 Å². The third-order valence-electron chi connectivity index (χ3n) is 2.06. The van der Waals surface area contributed by atoms with Crippen LogP contribution in [0.4, 0.5) is 4.79 Å². The standard InChI is InChI=1S/C9H18N2O/c1-2-3-6-10-9(12)11-7-8-4-5-8/h8H,2-7H2,1H3,(H2,10,11,12). The normalized spacial score (nSPS) is 15.8. The Morgan fingerprint density at radius 1 is 1.42 bits per heavy atom. The summed E-state index contributed by atoms with van der Waals surface area (Å²) in [5.74, 6) is 0.766. The van der Waals surface area contributed by atoms with Crippen LogP contribution >= 0.6 is 0 Å². The van der Waals surface area contributed by atoms with E-state index in [1.165, 1.54) is 12.8 Å². The second kappa shape index (κ2) is 5.01. The van der Waals surface area contributed by atoms with E-state index in [0.29, 0.717) is 0 Å². The van der Waals surface area contributed by atoms with Crippen molar-refractivity contribution < 1.29 is 4.79 Å². The third-order valence-corrected chi connectivity index (χ3v) is 2.06. The zero-order chi connectivity index (χ0) is 8.81. The van der Waals surface area contributed by atoms with Gasteiger partial charge in [0, 0.05) is 13.1 Å². The molecule has 0 heterocycles. The molecule has 0 aromatic heterocycles. The molecule has 0 atom stereocenters. The summed E-state index contributed by atoms with van der Waals surface area (Å²) in [6, 6.07) is -0.00431. The zero-order valence-electron chi connectivity index (χ0n) is 7.73. The second-order valence-electron chi connectivity index (χ2n) is 3.43. The van der Waals surface area contributed by atoms with Crippen LogP contribution in [-0.4, -0.2) is 19.1 Å². The van der Waals surface area contributed by atoms with Crippen molar-refractivity contribution in [1.29, 1.82) is 0 Å². The van der Waals surface area contributed by atoms with Gasteiger partial charge < -0.3 is 10.6 Å². The predicted octanol–water partition coefficient (Wildman–Crippen LogP) is 1.50. The maximum atomic E-state index is 11.0. The minimum atomic E-state index is -0.00431. The van der Waals surface area contributed by atoms with E-state index in [1.807, 2.05) is 0 Å². The number of nitrogens with one attached hydrogen (secondary N) is 2. The van der Waals surface area contributed by atoms with E-state index in [1.54, 1.807) is 0 Å². The van der Waals surface area contributed by atoms with E-state index in [4.69, 9.17) is 0 Å². The van der Waals surface area contributed by atoms with Gasteiger partial charge >= 0.3 is 6.03 Å². The summed E-state index contributed by atoms with van der Waals surface area (Å²) < 4.78 is 0. The largest absolute Gasteiger partial charge is 0.338 e. The molecule has 0 bridgehead atoms. The van der Waals surface area contributed by atoms with E-state index in [-0.39, 0.29) is 6.03 Å². The number of carbonyl (C=O) groups excluding carboxylic acids is 1. The van der Waals surface area contributed by atoms with E-state index < -0.39 is 0 Å². The molecule has 1 aliphatic rings. The molecule has 1 fully saturated rings. The molecule has 0 aromatic carbocycles. The van der Waals surface area contributed by atoms with E-state index in [2.05, 4.69) is 17.6 Å². The number of hydrogen-bond donors (Lipinski definition) is 2. The average molecular weight is 170 g/mol. The number of unbranched alkanes of at least 4 members (excludes halogenated alkanes) is 1. The second-order valence-corrected chi connectivity index (χ2v) is 3.43. The number of carbonyl (C=O) groups is 1. The first-order valence-electron chi connectivity index (χ1n) is 4.84. The van der Waals surface area contributed by atoms with Crippen LogP contribution in [0.1, 0.15) is 32.6 Å². The average Bonchev–Trinajstić information content (AvgIpc) is 2.84. The molecule has 1 aliphatic carbocycles. The molecular weight excluding hydrogens is 152 g/mol. The Morgan fingerprint density at radius 3 is 2.75 bits per heavy atom. The van der Waals surface area contributed by atoms with Crippen LogP contribution in [0, 0.1) is 5.92 Å². The molecule has 2 N–H and O–H groups in total. The highest BCUT2D eigenvalue weighted by atomic mass is 16.2. The van der Waals surface area contributed by atoms with Crippen molar-refractivity contribution in [1.82, 2.24) is 10.6 Å². The summed E-state index contributed by atoms with van der Waals surface area (Å²) in [5.41, 5.74) is 0. The Bertz CT molecular complexity index is 143. The van der Waals surface area contributed by atoms with Gasteiger partial charge in [0.1, 0.15) is 0 Å².